The Morgan fingerprint density at radius 3 is 2.42 bits per heavy atom. The highest BCUT2D eigenvalue weighted by atomic mass is 16.4. The molecule has 1 aliphatic carbocycles. The number of hydrogen-bond acceptors (Lipinski definition) is 3. The summed E-state index contributed by atoms with van der Waals surface area (Å²) in [6.07, 6.45) is 6.52. The van der Waals surface area contributed by atoms with Gasteiger partial charge in [0.1, 0.15) is 6.04 Å². The van der Waals surface area contributed by atoms with Crippen molar-refractivity contribution in [2.75, 3.05) is 13.1 Å². The van der Waals surface area contributed by atoms with Crippen LogP contribution in [0.25, 0.3) is 0 Å². The topological polar surface area (TPSA) is 107 Å². The number of nitrogens with one attached hydrogen (secondary N) is 1. The molecule has 0 saturated heterocycles. The molecule has 1 saturated carbocycles. The van der Waals surface area contributed by atoms with Crippen LogP contribution in [0.3, 0.4) is 0 Å². The second-order valence-electron chi connectivity index (χ2n) is 4.47. The van der Waals surface area contributed by atoms with Crippen LogP contribution in [0, 0.1) is 18.3 Å². The lowest BCUT2D eigenvalue weighted by Crippen LogP contribution is -2.49. The zero-order valence-corrected chi connectivity index (χ0v) is 10.3. The lowest BCUT2D eigenvalue weighted by atomic mass is 10.2. The lowest BCUT2D eigenvalue weighted by molar-refractivity contribution is -0.145. The smallest absolute Gasteiger partial charge is 0.326 e. The number of carboxylic acid groups (broad SMARTS) is 2. The highest BCUT2D eigenvalue weighted by Crippen LogP contribution is 2.29. The molecule has 2 amide bonds. The van der Waals surface area contributed by atoms with Crippen molar-refractivity contribution in [1.82, 2.24) is 10.2 Å². The van der Waals surface area contributed by atoms with Crippen molar-refractivity contribution in [3.8, 4) is 12.3 Å². The van der Waals surface area contributed by atoms with Crippen LogP contribution in [0.4, 0.5) is 4.79 Å². The Bertz CT molecular complexity index is 411. The van der Waals surface area contributed by atoms with Gasteiger partial charge in [-0.2, -0.15) is 0 Å². The number of amides is 2. The van der Waals surface area contributed by atoms with E-state index in [0.717, 1.165) is 12.8 Å². The van der Waals surface area contributed by atoms with E-state index in [2.05, 4.69) is 11.2 Å². The molecule has 1 rings (SSSR count). The third-order valence-corrected chi connectivity index (χ3v) is 2.72. The summed E-state index contributed by atoms with van der Waals surface area (Å²) in [7, 11) is 0. The fraction of sp³-hybridized carbons (Fsp3) is 0.583. The van der Waals surface area contributed by atoms with E-state index in [9.17, 15) is 14.4 Å². The SMILES string of the molecule is C#CCN(CC1CC1)C(=O)N[C@H](CC(=O)O)C(=O)O. The Morgan fingerprint density at radius 2 is 2.00 bits per heavy atom. The van der Waals surface area contributed by atoms with Gasteiger partial charge in [0.05, 0.1) is 13.0 Å². The van der Waals surface area contributed by atoms with Gasteiger partial charge in [0.25, 0.3) is 0 Å². The Morgan fingerprint density at radius 1 is 1.37 bits per heavy atom. The van der Waals surface area contributed by atoms with Gasteiger partial charge in [-0.15, -0.1) is 6.42 Å². The Labute approximate surface area is 110 Å². The Hall–Kier alpha value is -2.23. The maximum Gasteiger partial charge on any atom is 0.326 e. The van der Waals surface area contributed by atoms with E-state index in [-0.39, 0.29) is 6.54 Å². The summed E-state index contributed by atoms with van der Waals surface area (Å²) in [5.74, 6) is 0.0515. The van der Waals surface area contributed by atoms with E-state index >= 15 is 0 Å². The first-order valence-electron chi connectivity index (χ1n) is 5.87. The van der Waals surface area contributed by atoms with Gasteiger partial charge in [0.2, 0.25) is 0 Å². The van der Waals surface area contributed by atoms with Crippen LogP contribution in [-0.2, 0) is 9.59 Å². The lowest BCUT2D eigenvalue weighted by Gasteiger charge is -2.22. The molecular formula is C12H16N2O5. The zero-order valence-electron chi connectivity index (χ0n) is 10.3. The van der Waals surface area contributed by atoms with Gasteiger partial charge < -0.3 is 20.4 Å². The minimum atomic E-state index is -1.45. The molecule has 7 nitrogen and oxygen atoms in total. The first kappa shape index (κ1) is 14.8. The molecule has 0 bridgehead atoms. The summed E-state index contributed by atoms with van der Waals surface area (Å²) in [5, 5.41) is 19.6. The molecule has 104 valence electrons. The van der Waals surface area contributed by atoms with Gasteiger partial charge >= 0.3 is 18.0 Å². The zero-order chi connectivity index (χ0) is 14.4. The minimum Gasteiger partial charge on any atom is -0.481 e. The van der Waals surface area contributed by atoms with Gasteiger partial charge in [-0.25, -0.2) is 9.59 Å². The molecule has 3 N–H and O–H groups in total. The predicted molar refractivity (Wildman–Crippen MR) is 65.3 cm³/mol. The maximum atomic E-state index is 11.9. The van der Waals surface area contributed by atoms with Crippen molar-refractivity contribution < 1.29 is 24.6 Å². The molecule has 0 heterocycles. The normalized spacial score (nSPS) is 15.1. The van der Waals surface area contributed by atoms with Gasteiger partial charge in [0.15, 0.2) is 0 Å². The third kappa shape index (κ3) is 5.29. The van der Waals surface area contributed by atoms with Crippen molar-refractivity contribution in [3.63, 3.8) is 0 Å². The summed E-state index contributed by atoms with van der Waals surface area (Å²) in [5.41, 5.74) is 0. The van der Waals surface area contributed by atoms with Gasteiger partial charge in [0, 0.05) is 6.54 Å². The Kier molecular flexibility index (Phi) is 5.18. The van der Waals surface area contributed by atoms with Crippen LogP contribution in [0.15, 0.2) is 0 Å². The number of terminal acetylenes is 1. The average molecular weight is 268 g/mol. The quantitative estimate of drug-likeness (QED) is 0.562. The first-order valence-corrected chi connectivity index (χ1v) is 5.87. The number of nitrogens with zero attached hydrogens (tertiary/aromatic N) is 1. The highest BCUT2D eigenvalue weighted by Gasteiger charge is 2.29. The molecule has 19 heavy (non-hydrogen) atoms. The van der Waals surface area contributed by atoms with E-state index < -0.39 is 30.4 Å². The highest BCUT2D eigenvalue weighted by molar-refractivity contribution is 5.86. The average Bonchev–Trinajstić information content (AvgIpc) is 3.10. The number of carboxylic acids is 2. The molecule has 1 fully saturated rings. The fourth-order valence-corrected chi connectivity index (χ4v) is 1.56. The molecule has 0 unspecified atom stereocenters. The van der Waals surface area contributed by atoms with Crippen LogP contribution in [0.2, 0.25) is 0 Å². The largest absolute Gasteiger partial charge is 0.481 e. The van der Waals surface area contributed by atoms with Crippen LogP contribution in [-0.4, -0.2) is 52.2 Å². The van der Waals surface area contributed by atoms with Crippen molar-refractivity contribution in [3.05, 3.63) is 0 Å². The van der Waals surface area contributed by atoms with E-state index in [1.165, 1.54) is 4.90 Å². The van der Waals surface area contributed by atoms with Crippen LogP contribution >= 0.6 is 0 Å². The fourth-order valence-electron chi connectivity index (χ4n) is 1.56. The monoisotopic (exact) mass is 268 g/mol. The minimum absolute atomic E-state index is 0.0712. The standard InChI is InChI=1S/C12H16N2O5/c1-2-5-14(7-8-3-4-8)12(19)13-9(11(17)18)6-10(15)16/h1,8-9H,3-7H2,(H,13,19)(H,15,16)(H,17,18)/t9-/m1/s1. The van der Waals surface area contributed by atoms with Gasteiger partial charge in [-0.05, 0) is 18.8 Å². The number of carbonyl (C=O) groups excluding carboxylic acids is 1. The molecule has 0 aromatic rings. The van der Waals surface area contributed by atoms with Gasteiger partial charge in [-0.1, -0.05) is 5.92 Å². The number of urea groups is 1. The number of rotatable bonds is 7. The Balaban J connectivity index is 2.58. The first-order chi connectivity index (χ1) is 8.93. The molecule has 0 aromatic carbocycles. The maximum absolute atomic E-state index is 11.9. The summed E-state index contributed by atoms with van der Waals surface area (Å²) in [6.45, 7) is 0.539. The van der Waals surface area contributed by atoms with Crippen molar-refractivity contribution >= 4 is 18.0 Å². The summed E-state index contributed by atoms with van der Waals surface area (Å²) in [6, 6.07) is -2.09. The second-order valence-corrected chi connectivity index (χ2v) is 4.47. The molecule has 0 radical (unpaired) electrons. The van der Waals surface area contributed by atoms with Crippen LogP contribution in [0.1, 0.15) is 19.3 Å². The van der Waals surface area contributed by atoms with Crippen LogP contribution in [0.5, 0.6) is 0 Å². The number of carbonyl (C=O) groups is 3. The summed E-state index contributed by atoms with van der Waals surface area (Å²) in [4.78, 5) is 34.6. The molecule has 0 spiro atoms. The van der Waals surface area contributed by atoms with Crippen molar-refractivity contribution in [2.24, 2.45) is 5.92 Å². The van der Waals surface area contributed by atoms with Crippen LogP contribution < -0.4 is 5.32 Å². The molecule has 1 aliphatic rings. The van der Waals surface area contributed by atoms with Crippen molar-refractivity contribution in [1.29, 1.82) is 0 Å². The van der Waals surface area contributed by atoms with Crippen molar-refractivity contribution in [2.45, 2.75) is 25.3 Å². The van der Waals surface area contributed by atoms with Gasteiger partial charge in [-0.3, -0.25) is 4.79 Å². The predicted octanol–water partition coefficient (Wildman–Crippen LogP) is -0.0309. The van der Waals surface area contributed by atoms with E-state index in [1.54, 1.807) is 0 Å². The van der Waals surface area contributed by atoms with E-state index in [1.807, 2.05) is 0 Å². The van der Waals surface area contributed by atoms with E-state index in [4.69, 9.17) is 16.6 Å². The summed E-state index contributed by atoms with van der Waals surface area (Å²) < 4.78 is 0. The molecule has 0 aliphatic heterocycles. The number of aliphatic carboxylic acids is 2. The number of hydrogen-bond donors (Lipinski definition) is 3. The molecule has 0 aromatic heterocycles. The third-order valence-electron chi connectivity index (χ3n) is 2.72. The second kappa shape index (κ2) is 6.64. The van der Waals surface area contributed by atoms with E-state index in [0.29, 0.717) is 12.5 Å². The molecule has 7 heteroatoms. The summed E-state index contributed by atoms with van der Waals surface area (Å²) >= 11 is 0. The molecule has 1 atom stereocenters. The molecular weight excluding hydrogens is 252 g/mol.